The molecule has 0 fully saturated rings. The van der Waals surface area contributed by atoms with E-state index in [1.165, 1.54) is 16.8 Å². The molecule has 112 valence electrons. The van der Waals surface area contributed by atoms with Gasteiger partial charge in [-0.2, -0.15) is 5.10 Å². The zero-order chi connectivity index (χ0) is 14.8. The highest BCUT2D eigenvalue weighted by molar-refractivity contribution is 7.71. The van der Waals surface area contributed by atoms with E-state index in [1.807, 2.05) is 6.20 Å². The molecule has 0 aliphatic carbocycles. The summed E-state index contributed by atoms with van der Waals surface area (Å²) in [6.07, 6.45) is 6.21. The second kappa shape index (κ2) is 6.07. The number of aromatic nitrogens is 4. The van der Waals surface area contributed by atoms with Gasteiger partial charge in [-0.15, -0.1) is 0 Å². The Balaban J connectivity index is 1.72. The van der Waals surface area contributed by atoms with E-state index in [9.17, 15) is 0 Å². The second-order valence-corrected chi connectivity index (χ2v) is 6.04. The molecule has 1 aliphatic rings. The smallest absolute Gasteiger partial charge is 0.196 e. The second-order valence-electron chi connectivity index (χ2n) is 5.66. The molecule has 0 unspecified atom stereocenters. The third kappa shape index (κ3) is 3.22. The standard InChI is InChI=1S/C15H21N5S/c1-3-5-20-10-13(11(2)18-20)9-19-6-4-14-12(8-19)7-16-15(21)17-14/h7,10H,3-6,8-9H2,1-2H3,(H,16,17,21). The first-order chi connectivity index (χ1) is 10.2. The molecular weight excluding hydrogens is 282 g/mol. The van der Waals surface area contributed by atoms with Gasteiger partial charge in [-0.25, -0.2) is 4.98 Å². The van der Waals surface area contributed by atoms with Gasteiger partial charge < -0.3 is 4.98 Å². The van der Waals surface area contributed by atoms with Gasteiger partial charge in [0, 0.05) is 61.8 Å². The summed E-state index contributed by atoms with van der Waals surface area (Å²) in [4.78, 5) is 9.85. The molecule has 0 atom stereocenters. The van der Waals surface area contributed by atoms with Crippen LogP contribution >= 0.6 is 12.2 Å². The fourth-order valence-corrected chi connectivity index (χ4v) is 3.01. The van der Waals surface area contributed by atoms with Gasteiger partial charge >= 0.3 is 0 Å². The molecule has 0 bridgehead atoms. The van der Waals surface area contributed by atoms with Crippen LogP contribution in [0.5, 0.6) is 0 Å². The molecule has 6 heteroatoms. The average Bonchev–Trinajstić information content (AvgIpc) is 2.79. The maximum Gasteiger partial charge on any atom is 0.196 e. The summed E-state index contributed by atoms with van der Waals surface area (Å²) in [5.41, 5.74) is 4.96. The summed E-state index contributed by atoms with van der Waals surface area (Å²) in [7, 11) is 0. The van der Waals surface area contributed by atoms with Crippen LogP contribution in [0, 0.1) is 11.7 Å². The SMILES string of the molecule is CCCn1cc(CN2CCc3[nH]c(=S)ncc3C2)c(C)n1. The average molecular weight is 303 g/mol. The van der Waals surface area contributed by atoms with Gasteiger partial charge in [-0.3, -0.25) is 9.58 Å². The van der Waals surface area contributed by atoms with Gasteiger partial charge in [0.25, 0.3) is 0 Å². The zero-order valence-corrected chi connectivity index (χ0v) is 13.4. The number of nitrogens with zero attached hydrogens (tertiary/aromatic N) is 4. The summed E-state index contributed by atoms with van der Waals surface area (Å²) >= 11 is 5.09. The van der Waals surface area contributed by atoms with Gasteiger partial charge in [0.2, 0.25) is 0 Å². The molecule has 1 N–H and O–H groups in total. The Labute approximate surface area is 130 Å². The third-order valence-electron chi connectivity index (χ3n) is 3.95. The number of aromatic amines is 1. The van der Waals surface area contributed by atoms with Crippen LogP contribution < -0.4 is 0 Å². The maximum atomic E-state index is 5.09. The van der Waals surface area contributed by atoms with Crippen LogP contribution in [0.1, 0.15) is 35.9 Å². The minimum absolute atomic E-state index is 0.582. The van der Waals surface area contributed by atoms with Crippen LogP contribution in [0.4, 0.5) is 0 Å². The molecule has 0 aromatic carbocycles. The van der Waals surface area contributed by atoms with E-state index in [1.54, 1.807) is 0 Å². The quantitative estimate of drug-likeness (QED) is 0.882. The first-order valence-corrected chi connectivity index (χ1v) is 7.89. The van der Waals surface area contributed by atoms with Crippen molar-refractivity contribution in [1.29, 1.82) is 0 Å². The van der Waals surface area contributed by atoms with Crippen molar-refractivity contribution in [2.75, 3.05) is 6.54 Å². The van der Waals surface area contributed by atoms with Gasteiger partial charge in [-0.05, 0) is 25.6 Å². The Hall–Kier alpha value is -1.53. The lowest BCUT2D eigenvalue weighted by molar-refractivity contribution is 0.242. The monoisotopic (exact) mass is 303 g/mol. The lowest BCUT2D eigenvalue weighted by Crippen LogP contribution is -2.31. The Kier molecular flexibility index (Phi) is 4.17. The van der Waals surface area contributed by atoms with E-state index in [4.69, 9.17) is 12.2 Å². The van der Waals surface area contributed by atoms with Crippen LogP contribution in [0.3, 0.4) is 0 Å². The predicted molar refractivity (Wildman–Crippen MR) is 84.5 cm³/mol. The first-order valence-electron chi connectivity index (χ1n) is 7.48. The molecule has 0 radical (unpaired) electrons. The first kappa shape index (κ1) is 14.4. The Morgan fingerprint density at radius 1 is 1.43 bits per heavy atom. The van der Waals surface area contributed by atoms with Crippen molar-refractivity contribution in [1.82, 2.24) is 24.6 Å². The third-order valence-corrected chi connectivity index (χ3v) is 4.16. The Morgan fingerprint density at radius 3 is 3.10 bits per heavy atom. The number of nitrogens with one attached hydrogen (secondary N) is 1. The number of rotatable bonds is 4. The van der Waals surface area contributed by atoms with E-state index in [0.717, 1.165) is 44.7 Å². The molecule has 0 saturated heterocycles. The fourth-order valence-electron chi connectivity index (χ4n) is 2.84. The van der Waals surface area contributed by atoms with E-state index >= 15 is 0 Å². The van der Waals surface area contributed by atoms with Crippen molar-refractivity contribution >= 4 is 12.2 Å². The minimum atomic E-state index is 0.582. The minimum Gasteiger partial charge on any atom is -0.334 e. The van der Waals surface area contributed by atoms with Crippen molar-refractivity contribution < 1.29 is 0 Å². The van der Waals surface area contributed by atoms with Gasteiger partial charge in [0.05, 0.1) is 5.69 Å². The lowest BCUT2D eigenvalue weighted by Gasteiger charge is -2.27. The topological polar surface area (TPSA) is 49.7 Å². The normalized spacial score (nSPS) is 15.1. The molecule has 21 heavy (non-hydrogen) atoms. The lowest BCUT2D eigenvalue weighted by atomic mass is 10.1. The van der Waals surface area contributed by atoms with Crippen molar-refractivity contribution in [2.45, 2.75) is 46.3 Å². The summed E-state index contributed by atoms with van der Waals surface area (Å²) in [5.74, 6) is 0. The van der Waals surface area contributed by atoms with Crippen molar-refractivity contribution in [2.24, 2.45) is 0 Å². The highest BCUT2D eigenvalue weighted by Gasteiger charge is 2.18. The van der Waals surface area contributed by atoms with Crippen molar-refractivity contribution in [3.63, 3.8) is 0 Å². The van der Waals surface area contributed by atoms with Crippen LogP contribution in [0.25, 0.3) is 0 Å². The molecule has 2 aromatic rings. The van der Waals surface area contributed by atoms with E-state index in [-0.39, 0.29) is 0 Å². The molecule has 3 rings (SSSR count). The molecule has 3 heterocycles. The number of hydrogen-bond acceptors (Lipinski definition) is 4. The number of fused-ring (bicyclic) bond motifs is 1. The molecule has 5 nitrogen and oxygen atoms in total. The Morgan fingerprint density at radius 2 is 2.29 bits per heavy atom. The fraction of sp³-hybridized carbons (Fsp3) is 0.533. The van der Waals surface area contributed by atoms with Crippen LogP contribution in [0.15, 0.2) is 12.4 Å². The van der Waals surface area contributed by atoms with Crippen LogP contribution in [-0.2, 0) is 26.1 Å². The number of hydrogen-bond donors (Lipinski definition) is 1. The summed E-state index contributed by atoms with van der Waals surface area (Å²) in [5, 5.41) is 4.58. The zero-order valence-electron chi connectivity index (χ0n) is 12.6. The van der Waals surface area contributed by atoms with Crippen molar-refractivity contribution in [3.8, 4) is 0 Å². The molecule has 0 spiro atoms. The molecule has 1 aliphatic heterocycles. The van der Waals surface area contributed by atoms with Gasteiger partial charge in [0.1, 0.15) is 0 Å². The number of aryl methyl sites for hydroxylation is 2. The van der Waals surface area contributed by atoms with Crippen LogP contribution in [0.2, 0.25) is 0 Å². The Bertz CT molecular complexity index is 688. The number of H-pyrrole nitrogens is 1. The van der Waals surface area contributed by atoms with Gasteiger partial charge in [-0.1, -0.05) is 6.92 Å². The van der Waals surface area contributed by atoms with E-state index in [2.05, 4.69) is 44.7 Å². The molecule has 0 amide bonds. The van der Waals surface area contributed by atoms with Crippen LogP contribution in [-0.4, -0.2) is 31.2 Å². The highest BCUT2D eigenvalue weighted by atomic mass is 32.1. The van der Waals surface area contributed by atoms with Gasteiger partial charge in [0.15, 0.2) is 4.77 Å². The predicted octanol–water partition coefficient (Wildman–Crippen LogP) is 2.61. The summed E-state index contributed by atoms with van der Waals surface area (Å²) in [6.45, 7) is 8.18. The largest absolute Gasteiger partial charge is 0.334 e. The van der Waals surface area contributed by atoms with E-state index < -0.39 is 0 Å². The molecule has 0 saturated carbocycles. The molecular formula is C15H21N5S. The maximum absolute atomic E-state index is 5.09. The highest BCUT2D eigenvalue weighted by Crippen LogP contribution is 2.19. The van der Waals surface area contributed by atoms with Crippen molar-refractivity contribution in [3.05, 3.63) is 39.7 Å². The summed E-state index contributed by atoms with van der Waals surface area (Å²) in [6, 6.07) is 0. The van der Waals surface area contributed by atoms with E-state index in [0.29, 0.717) is 4.77 Å². The summed E-state index contributed by atoms with van der Waals surface area (Å²) < 4.78 is 2.64. The molecule has 2 aromatic heterocycles.